The third kappa shape index (κ3) is 3.99. The molecule has 1 aromatic heterocycles. The van der Waals surface area contributed by atoms with Crippen LogP contribution in [-0.4, -0.2) is 29.1 Å². The number of anilines is 2. The summed E-state index contributed by atoms with van der Waals surface area (Å²) in [4.78, 5) is 34.2. The Morgan fingerprint density at radius 2 is 1.83 bits per heavy atom. The van der Waals surface area contributed by atoms with Gasteiger partial charge in [-0.15, -0.1) is 0 Å². The van der Waals surface area contributed by atoms with Crippen LogP contribution in [0.5, 0.6) is 0 Å². The van der Waals surface area contributed by atoms with Gasteiger partial charge in [-0.25, -0.2) is 4.98 Å². The van der Waals surface area contributed by atoms with E-state index in [0.717, 1.165) is 24.2 Å². The molecule has 1 amide bonds. The monoisotopic (exact) mass is 402 g/mol. The molecule has 0 spiro atoms. The Morgan fingerprint density at radius 3 is 2.60 bits per heavy atom. The van der Waals surface area contributed by atoms with Gasteiger partial charge in [-0.2, -0.15) is 0 Å². The molecule has 0 saturated carbocycles. The fourth-order valence-corrected chi connectivity index (χ4v) is 3.88. The number of fused-ring (bicyclic) bond motifs is 1. The van der Waals surface area contributed by atoms with E-state index in [0.29, 0.717) is 18.2 Å². The van der Waals surface area contributed by atoms with Gasteiger partial charge < -0.3 is 9.80 Å². The number of aryl methyl sites for hydroxylation is 2. The van der Waals surface area contributed by atoms with Crippen molar-refractivity contribution in [2.45, 2.75) is 33.4 Å². The molecular formula is C24H26N4O2. The maximum Gasteiger partial charge on any atom is 0.255 e. The molecule has 2 aromatic carbocycles. The summed E-state index contributed by atoms with van der Waals surface area (Å²) in [6, 6.07) is 17.6. The smallest absolute Gasteiger partial charge is 0.255 e. The molecule has 3 aromatic rings. The van der Waals surface area contributed by atoms with Crippen molar-refractivity contribution in [3.63, 3.8) is 0 Å². The summed E-state index contributed by atoms with van der Waals surface area (Å²) in [5.74, 6) is 0.396. The molecule has 0 atom stereocenters. The first-order valence-corrected chi connectivity index (χ1v) is 10.2. The highest BCUT2D eigenvalue weighted by atomic mass is 16.2. The molecule has 4 rings (SSSR count). The van der Waals surface area contributed by atoms with Gasteiger partial charge in [-0.3, -0.25) is 14.2 Å². The molecular weight excluding hydrogens is 376 g/mol. The van der Waals surface area contributed by atoms with Crippen LogP contribution < -0.4 is 15.4 Å². The van der Waals surface area contributed by atoms with Crippen molar-refractivity contribution in [1.82, 2.24) is 9.55 Å². The number of hydrogen-bond acceptors (Lipinski definition) is 4. The number of nitrogens with zero attached hydrogens (tertiary/aromatic N) is 4. The molecule has 30 heavy (non-hydrogen) atoms. The van der Waals surface area contributed by atoms with Crippen molar-refractivity contribution in [1.29, 1.82) is 0 Å². The van der Waals surface area contributed by atoms with Crippen molar-refractivity contribution in [2.24, 2.45) is 0 Å². The van der Waals surface area contributed by atoms with Crippen molar-refractivity contribution in [3.8, 4) is 0 Å². The Hall–Kier alpha value is -3.41. The van der Waals surface area contributed by atoms with Crippen LogP contribution >= 0.6 is 0 Å². The van der Waals surface area contributed by atoms with Gasteiger partial charge in [0.25, 0.3) is 5.56 Å². The fraction of sp³-hybridized carbons (Fsp3) is 0.292. The van der Waals surface area contributed by atoms with E-state index in [2.05, 4.69) is 28.1 Å². The van der Waals surface area contributed by atoms with Gasteiger partial charge >= 0.3 is 0 Å². The summed E-state index contributed by atoms with van der Waals surface area (Å²) in [5.41, 5.74) is 4.89. The summed E-state index contributed by atoms with van der Waals surface area (Å²) >= 11 is 0. The van der Waals surface area contributed by atoms with E-state index >= 15 is 0 Å². The number of hydrogen-bond donors (Lipinski definition) is 0. The first kappa shape index (κ1) is 19.9. The largest absolute Gasteiger partial charge is 0.337 e. The third-order valence-corrected chi connectivity index (χ3v) is 5.59. The number of likely N-dealkylation sites (N-methyl/N-ethyl adjacent to an activating group) is 1. The van der Waals surface area contributed by atoms with Gasteiger partial charge in [0, 0.05) is 37.6 Å². The molecule has 0 radical (unpaired) electrons. The lowest BCUT2D eigenvalue weighted by Gasteiger charge is -2.31. The van der Waals surface area contributed by atoms with E-state index in [-0.39, 0.29) is 18.0 Å². The lowest BCUT2D eigenvalue weighted by Crippen LogP contribution is -2.40. The van der Waals surface area contributed by atoms with Gasteiger partial charge in [-0.05, 0) is 49.1 Å². The number of benzene rings is 2. The number of carbonyl (C=O) groups excluding carboxylic acids is 1. The van der Waals surface area contributed by atoms with Crippen molar-refractivity contribution in [3.05, 3.63) is 87.3 Å². The maximum absolute atomic E-state index is 13.0. The number of aromatic nitrogens is 2. The number of carbonyl (C=O) groups is 1. The SMILES string of the molecule is Cc1cccc(N(C)C(=O)Cn2c(N3CCc4ccccc4C3)nc(C)cc2=O)c1. The Balaban J connectivity index is 1.64. The predicted molar refractivity (Wildman–Crippen MR) is 119 cm³/mol. The van der Waals surface area contributed by atoms with Crippen LogP contribution in [0.1, 0.15) is 22.4 Å². The second kappa shape index (κ2) is 8.14. The zero-order valence-corrected chi connectivity index (χ0v) is 17.6. The summed E-state index contributed by atoms with van der Waals surface area (Å²) in [6.07, 6.45) is 0.886. The van der Waals surface area contributed by atoms with Crippen molar-refractivity contribution < 1.29 is 4.79 Å². The van der Waals surface area contributed by atoms with E-state index in [1.165, 1.54) is 21.8 Å². The van der Waals surface area contributed by atoms with E-state index in [4.69, 9.17) is 0 Å². The second-order valence-electron chi connectivity index (χ2n) is 7.85. The molecule has 0 N–H and O–H groups in total. The summed E-state index contributed by atoms with van der Waals surface area (Å²) in [7, 11) is 1.74. The van der Waals surface area contributed by atoms with E-state index in [9.17, 15) is 9.59 Å². The average Bonchev–Trinajstić information content (AvgIpc) is 2.74. The molecule has 0 aliphatic carbocycles. The average molecular weight is 402 g/mol. The van der Waals surface area contributed by atoms with Crippen LogP contribution in [0.25, 0.3) is 0 Å². The Kier molecular flexibility index (Phi) is 5.40. The summed E-state index contributed by atoms with van der Waals surface area (Å²) in [6.45, 7) is 5.18. The van der Waals surface area contributed by atoms with Gasteiger partial charge in [0.05, 0.1) is 0 Å². The number of amides is 1. The molecule has 2 heterocycles. The molecule has 6 nitrogen and oxygen atoms in total. The zero-order valence-electron chi connectivity index (χ0n) is 17.6. The molecule has 1 aliphatic rings. The van der Waals surface area contributed by atoms with Gasteiger partial charge in [0.15, 0.2) is 0 Å². The first-order valence-electron chi connectivity index (χ1n) is 10.2. The number of rotatable bonds is 4. The molecule has 0 unspecified atom stereocenters. The minimum absolute atomic E-state index is 0.0516. The zero-order chi connectivity index (χ0) is 21.3. The Bertz CT molecular complexity index is 1150. The standard InChI is InChI=1S/C24H26N4O2/c1-17-7-6-10-21(13-17)26(3)23(30)16-28-22(29)14-18(2)25-24(28)27-12-11-19-8-4-5-9-20(19)15-27/h4-10,13-14H,11-12,15-16H2,1-3H3. The predicted octanol–water partition coefficient (Wildman–Crippen LogP) is 3.09. The topological polar surface area (TPSA) is 58.4 Å². The van der Waals surface area contributed by atoms with Crippen molar-refractivity contribution >= 4 is 17.5 Å². The molecule has 0 bridgehead atoms. The van der Waals surface area contributed by atoms with E-state index in [1.54, 1.807) is 11.9 Å². The van der Waals surface area contributed by atoms with Crippen LogP contribution in [0, 0.1) is 13.8 Å². The molecule has 154 valence electrons. The van der Waals surface area contributed by atoms with Crippen molar-refractivity contribution in [2.75, 3.05) is 23.4 Å². The second-order valence-corrected chi connectivity index (χ2v) is 7.85. The van der Waals surface area contributed by atoms with Crippen LogP contribution in [0.3, 0.4) is 0 Å². The normalized spacial score (nSPS) is 13.1. The first-order chi connectivity index (χ1) is 14.4. The molecule has 0 fully saturated rings. The van der Waals surface area contributed by atoms with Crippen LogP contribution in [0.15, 0.2) is 59.4 Å². The van der Waals surface area contributed by atoms with Gasteiger partial charge in [0.1, 0.15) is 6.54 Å². The fourth-order valence-electron chi connectivity index (χ4n) is 3.88. The highest BCUT2D eigenvalue weighted by molar-refractivity contribution is 5.92. The summed E-state index contributed by atoms with van der Waals surface area (Å²) < 4.78 is 1.50. The van der Waals surface area contributed by atoms with Crippen LogP contribution in [-0.2, 0) is 24.3 Å². The Morgan fingerprint density at radius 1 is 1.07 bits per heavy atom. The van der Waals surface area contributed by atoms with Gasteiger partial charge in [0.2, 0.25) is 11.9 Å². The van der Waals surface area contributed by atoms with Crippen LogP contribution in [0.4, 0.5) is 11.6 Å². The van der Waals surface area contributed by atoms with E-state index < -0.39 is 0 Å². The molecule has 6 heteroatoms. The molecule has 0 saturated heterocycles. The molecule has 1 aliphatic heterocycles. The minimum atomic E-state index is -0.206. The van der Waals surface area contributed by atoms with Crippen LogP contribution in [0.2, 0.25) is 0 Å². The summed E-state index contributed by atoms with van der Waals surface area (Å²) in [5, 5.41) is 0. The highest BCUT2D eigenvalue weighted by Gasteiger charge is 2.23. The third-order valence-electron chi connectivity index (χ3n) is 5.59. The van der Waals surface area contributed by atoms with E-state index in [1.807, 2.05) is 44.2 Å². The lowest BCUT2D eigenvalue weighted by molar-refractivity contribution is -0.118. The highest BCUT2D eigenvalue weighted by Crippen LogP contribution is 2.23. The maximum atomic E-state index is 13.0. The van der Waals surface area contributed by atoms with Gasteiger partial charge in [-0.1, -0.05) is 36.4 Å². The lowest BCUT2D eigenvalue weighted by atomic mass is 10.0. The quantitative estimate of drug-likeness (QED) is 0.673. The Labute approximate surface area is 176 Å². The minimum Gasteiger partial charge on any atom is -0.337 e.